The molecule has 0 spiro atoms. The van der Waals surface area contributed by atoms with Crippen molar-refractivity contribution in [3.05, 3.63) is 52.4 Å². The molecule has 1 aliphatic heterocycles. The van der Waals surface area contributed by atoms with Crippen molar-refractivity contribution in [3.63, 3.8) is 0 Å². The third kappa shape index (κ3) is 2.62. The van der Waals surface area contributed by atoms with Crippen molar-refractivity contribution in [2.75, 3.05) is 12.4 Å². The molecule has 5 nitrogen and oxygen atoms in total. The SMILES string of the molecule is COc1ccc([C@H]2CC(=O)C3=C(C2)Nc2onc(C)c2[C@H]3C(C)C)cc1. The molecule has 0 bridgehead atoms. The lowest BCUT2D eigenvalue weighted by atomic mass is 9.71. The molecule has 1 aromatic carbocycles. The summed E-state index contributed by atoms with van der Waals surface area (Å²) in [7, 11) is 1.66. The molecule has 0 amide bonds. The van der Waals surface area contributed by atoms with Crippen molar-refractivity contribution in [1.82, 2.24) is 5.16 Å². The molecule has 4 rings (SSSR count). The average molecular weight is 352 g/mol. The van der Waals surface area contributed by atoms with Gasteiger partial charge in [-0.05, 0) is 42.9 Å². The smallest absolute Gasteiger partial charge is 0.232 e. The summed E-state index contributed by atoms with van der Waals surface area (Å²) in [4.78, 5) is 13.1. The fraction of sp³-hybridized carbons (Fsp3) is 0.429. The summed E-state index contributed by atoms with van der Waals surface area (Å²) in [6.45, 7) is 6.25. The van der Waals surface area contributed by atoms with Crippen LogP contribution < -0.4 is 10.1 Å². The second-order valence-corrected chi connectivity index (χ2v) is 7.55. The first-order valence-corrected chi connectivity index (χ1v) is 9.13. The number of nitrogens with zero attached hydrogens (tertiary/aromatic N) is 1. The van der Waals surface area contributed by atoms with Crippen LogP contribution in [-0.2, 0) is 4.79 Å². The molecule has 2 heterocycles. The Morgan fingerprint density at radius 2 is 1.96 bits per heavy atom. The summed E-state index contributed by atoms with van der Waals surface area (Å²) in [5.41, 5.74) is 4.97. The van der Waals surface area contributed by atoms with Crippen LogP contribution in [0.5, 0.6) is 5.75 Å². The van der Waals surface area contributed by atoms with Crippen molar-refractivity contribution >= 4 is 11.7 Å². The fourth-order valence-corrected chi connectivity index (χ4v) is 4.30. The number of hydrogen-bond donors (Lipinski definition) is 1. The summed E-state index contributed by atoms with van der Waals surface area (Å²) >= 11 is 0. The van der Waals surface area contributed by atoms with Crippen LogP contribution in [0.25, 0.3) is 0 Å². The zero-order chi connectivity index (χ0) is 18.4. The molecule has 0 unspecified atom stereocenters. The molecule has 136 valence electrons. The molecule has 2 aliphatic rings. The number of allylic oxidation sites excluding steroid dienone is 2. The maximum Gasteiger partial charge on any atom is 0.232 e. The van der Waals surface area contributed by atoms with Gasteiger partial charge in [-0.25, -0.2) is 0 Å². The Kier molecular flexibility index (Phi) is 4.10. The summed E-state index contributed by atoms with van der Waals surface area (Å²) in [6, 6.07) is 8.00. The van der Waals surface area contributed by atoms with E-state index in [0.717, 1.165) is 40.3 Å². The molecule has 0 saturated carbocycles. The predicted octanol–water partition coefficient (Wildman–Crippen LogP) is 4.56. The second kappa shape index (κ2) is 6.31. The van der Waals surface area contributed by atoms with E-state index in [-0.39, 0.29) is 17.6 Å². The van der Waals surface area contributed by atoms with Gasteiger partial charge in [-0.3, -0.25) is 4.79 Å². The molecule has 0 radical (unpaired) electrons. The zero-order valence-corrected chi connectivity index (χ0v) is 15.6. The minimum Gasteiger partial charge on any atom is -0.497 e. The molecule has 5 heteroatoms. The largest absolute Gasteiger partial charge is 0.497 e. The molecule has 1 aliphatic carbocycles. The van der Waals surface area contributed by atoms with Crippen molar-refractivity contribution in [1.29, 1.82) is 0 Å². The van der Waals surface area contributed by atoms with Crippen LogP contribution in [0, 0.1) is 12.8 Å². The average Bonchev–Trinajstić information content (AvgIpc) is 3.00. The molecule has 2 atom stereocenters. The minimum atomic E-state index is 0.0526. The van der Waals surface area contributed by atoms with E-state index in [9.17, 15) is 4.79 Å². The molecule has 26 heavy (non-hydrogen) atoms. The van der Waals surface area contributed by atoms with Gasteiger partial charge in [0.1, 0.15) is 5.75 Å². The van der Waals surface area contributed by atoms with Gasteiger partial charge in [0.2, 0.25) is 5.88 Å². The summed E-state index contributed by atoms with van der Waals surface area (Å²) < 4.78 is 10.7. The molecule has 1 N–H and O–H groups in total. The number of methoxy groups -OCH3 is 1. The normalized spacial score (nSPS) is 22.1. The molecular formula is C21H24N2O3. The fourth-order valence-electron chi connectivity index (χ4n) is 4.30. The van der Waals surface area contributed by atoms with Gasteiger partial charge in [-0.2, -0.15) is 0 Å². The maximum absolute atomic E-state index is 13.1. The lowest BCUT2D eigenvalue weighted by molar-refractivity contribution is -0.116. The van der Waals surface area contributed by atoms with Crippen molar-refractivity contribution in [3.8, 4) is 5.75 Å². The van der Waals surface area contributed by atoms with E-state index in [1.165, 1.54) is 0 Å². The van der Waals surface area contributed by atoms with Crippen molar-refractivity contribution in [2.24, 2.45) is 5.92 Å². The quantitative estimate of drug-likeness (QED) is 0.877. The second-order valence-electron chi connectivity index (χ2n) is 7.55. The number of ketones is 1. The number of Topliss-reactive ketones (excluding diaryl/α,β-unsaturated/α-hetero) is 1. The van der Waals surface area contributed by atoms with E-state index in [1.54, 1.807) is 7.11 Å². The van der Waals surface area contributed by atoms with Crippen LogP contribution >= 0.6 is 0 Å². The van der Waals surface area contributed by atoms with E-state index in [4.69, 9.17) is 9.26 Å². The van der Waals surface area contributed by atoms with Crippen LogP contribution in [0.15, 0.2) is 40.1 Å². The van der Waals surface area contributed by atoms with E-state index in [0.29, 0.717) is 18.2 Å². The highest BCUT2D eigenvalue weighted by atomic mass is 16.5. The highest BCUT2D eigenvalue weighted by Gasteiger charge is 2.41. The van der Waals surface area contributed by atoms with Crippen LogP contribution in [0.1, 0.15) is 55.3 Å². The van der Waals surface area contributed by atoms with Crippen LogP contribution in [0.3, 0.4) is 0 Å². The third-order valence-electron chi connectivity index (χ3n) is 5.56. The topological polar surface area (TPSA) is 64.4 Å². The maximum atomic E-state index is 13.1. The first-order valence-electron chi connectivity index (χ1n) is 9.13. The van der Waals surface area contributed by atoms with Crippen LogP contribution in [0.4, 0.5) is 5.88 Å². The number of benzene rings is 1. The van der Waals surface area contributed by atoms with E-state index in [1.807, 2.05) is 19.1 Å². The van der Waals surface area contributed by atoms with Crippen LogP contribution in [0.2, 0.25) is 0 Å². The number of carbonyl (C=O) groups excluding carboxylic acids is 1. The highest BCUT2D eigenvalue weighted by molar-refractivity contribution is 6.00. The third-order valence-corrected chi connectivity index (χ3v) is 5.56. The first-order chi connectivity index (χ1) is 12.5. The highest BCUT2D eigenvalue weighted by Crippen LogP contribution is 2.49. The predicted molar refractivity (Wildman–Crippen MR) is 99.4 cm³/mol. The summed E-state index contributed by atoms with van der Waals surface area (Å²) in [6.07, 6.45) is 1.34. The van der Waals surface area contributed by atoms with Gasteiger partial charge >= 0.3 is 0 Å². The standard InChI is InChI=1S/C21H24N2O3/c1-11(2)18-19-12(3)23-26-21(19)22-16-9-14(10-17(24)20(16)18)13-5-7-15(25-4)8-6-13/h5-8,11,14,18,22H,9-10H2,1-4H3/t14-,18-/m1/s1. The number of ether oxygens (including phenoxy) is 1. The van der Waals surface area contributed by atoms with Crippen LogP contribution in [-0.4, -0.2) is 18.0 Å². The molecule has 2 aromatic rings. The Bertz CT molecular complexity index is 877. The number of fused-ring (bicyclic) bond motifs is 1. The molecule has 0 fully saturated rings. The number of rotatable bonds is 3. The summed E-state index contributed by atoms with van der Waals surface area (Å²) in [5.74, 6) is 2.27. The number of anilines is 1. The Balaban J connectivity index is 1.71. The Hall–Kier alpha value is -2.56. The van der Waals surface area contributed by atoms with Crippen molar-refractivity contribution < 1.29 is 14.1 Å². The monoisotopic (exact) mass is 352 g/mol. The van der Waals surface area contributed by atoms with E-state index < -0.39 is 0 Å². The number of aromatic nitrogens is 1. The number of aryl methyl sites for hydroxylation is 1. The Labute approximate surface area is 153 Å². The molecule has 0 saturated heterocycles. The van der Waals surface area contributed by atoms with E-state index >= 15 is 0 Å². The Morgan fingerprint density at radius 1 is 1.23 bits per heavy atom. The first kappa shape index (κ1) is 16.9. The zero-order valence-electron chi connectivity index (χ0n) is 15.6. The number of nitrogens with one attached hydrogen (secondary N) is 1. The van der Waals surface area contributed by atoms with Gasteiger partial charge in [-0.1, -0.05) is 31.1 Å². The van der Waals surface area contributed by atoms with Gasteiger partial charge in [0.25, 0.3) is 0 Å². The number of carbonyl (C=O) groups is 1. The van der Waals surface area contributed by atoms with Gasteiger partial charge in [0, 0.05) is 29.2 Å². The molecule has 1 aromatic heterocycles. The molecular weight excluding hydrogens is 328 g/mol. The Morgan fingerprint density at radius 3 is 2.62 bits per heavy atom. The minimum absolute atomic E-state index is 0.0526. The van der Waals surface area contributed by atoms with E-state index in [2.05, 4.69) is 36.5 Å². The summed E-state index contributed by atoms with van der Waals surface area (Å²) in [5, 5.41) is 7.48. The van der Waals surface area contributed by atoms with Gasteiger partial charge < -0.3 is 14.6 Å². The lowest BCUT2D eigenvalue weighted by Crippen LogP contribution is -2.31. The van der Waals surface area contributed by atoms with Gasteiger partial charge in [0.15, 0.2) is 5.78 Å². The van der Waals surface area contributed by atoms with Crippen molar-refractivity contribution in [2.45, 2.75) is 45.4 Å². The number of hydrogen-bond acceptors (Lipinski definition) is 5. The van der Waals surface area contributed by atoms with Gasteiger partial charge in [0.05, 0.1) is 12.8 Å². The van der Waals surface area contributed by atoms with Gasteiger partial charge in [-0.15, -0.1) is 0 Å². The lowest BCUT2D eigenvalue weighted by Gasteiger charge is -2.35.